The molecule has 0 heterocycles. The maximum atomic E-state index is 5.14. The molecule has 1 aromatic rings. The summed E-state index contributed by atoms with van der Waals surface area (Å²) in [6.45, 7) is 11.8. The summed E-state index contributed by atoms with van der Waals surface area (Å²) in [6.07, 6.45) is 0. The van der Waals surface area contributed by atoms with Gasteiger partial charge in [0.25, 0.3) is 0 Å². The molecule has 0 aliphatic carbocycles. The van der Waals surface area contributed by atoms with Gasteiger partial charge in [0.05, 0.1) is 6.61 Å². The Labute approximate surface area is 112 Å². The Morgan fingerprint density at radius 2 is 1.67 bits per heavy atom. The van der Waals surface area contributed by atoms with Crippen molar-refractivity contribution in [2.45, 2.75) is 52.1 Å². The molecule has 2 unspecified atom stereocenters. The fourth-order valence-corrected chi connectivity index (χ4v) is 2.09. The SMILES string of the molecule is COCC(C)NC(C)c1ccc(C(C)(C)C)cc1. The second-order valence-corrected chi connectivity index (χ2v) is 6.12. The van der Waals surface area contributed by atoms with E-state index in [0.717, 1.165) is 6.61 Å². The number of methoxy groups -OCH3 is 1. The van der Waals surface area contributed by atoms with Crippen LogP contribution >= 0.6 is 0 Å². The first-order valence-electron chi connectivity index (χ1n) is 6.70. The van der Waals surface area contributed by atoms with Gasteiger partial charge in [-0.05, 0) is 30.4 Å². The molecule has 0 aliphatic heterocycles. The molecule has 0 radical (unpaired) electrons. The number of nitrogens with one attached hydrogen (secondary N) is 1. The fourth-order valence-electron chi connectivity index (χ4n) is 2.09. The van der Waals surface area contributed by atoms with Gasteiger partial charge >= 0.3 is 0 Å². The Morgan fingerprint density at radius 3 is 2.11 bits per heavy atom. The number of rotatable bonds is 5. The minimum absolute atomic E-state index is 0.221. The average Bonchev–Trinajstić information content (AvgIpc) is 2.28. The van der Waals surface area contributed by atoms with Gasteiger partial charge in [0.1, 0.15) is 0 Å². The molecule has 2 nitrogen and oxygen atoms in total. The maximum Gasteiger partial charge on any atom is 0.0613 e. The number of benzene rings is 1. The van der Waals surface area contributed by atoms with Gasteiger partial charge in [0, 0.05) is 19.2 Å². The molecule has 102 valence electrons. The predicted molar refractivity (Wildman–Crippen MR) is 78.0 cm³/mol. The molecule has 2 atom stereocenters. The lowest BCUT2D eigenvalue weighted by Gasteiger charge is -2.22. The van der Waals surface area contributed by atoms with Crippen LogP contribution in [-0.2, 0) is 10.2 Å². The highest BCUT2D eigenvalue weighted by molar-refractivity contribution is 5.29. The fraction of sp³-hybridized carbons (Fsp3) is 0.625. The van der Waals surface area contributed by atoms with Gasteiger partial charge in [0.2, 0.25) is 0 Å². The third kappa shape index (κ3) is 4.43. The molecule has 0 aromatic heterocycles. The molecule has 1 aromatic carbocycles. The number of hydrogen-bond acceptors (Lipinski definition) is 2. The molecule has 1 rings (SSSR count). The summed E-state index contributed by atoms with van der Waals surface area (Å²) in [4.78, 5) is 0. The van der Waals surface area contributed by atoms with E-state index in [1.165, 1.54) is 11.1 Å². The second kappa shape index (κ2) is 6.35. The highest BCUT2D eigenvalue weighted by atomic mass is 16.5. The zero-order chi connectivity index (χ0) is 13.8. The topological polar surface area (TPSA) is 21.3 Å². The molecule has 0 aliphatic rings. The van der Waals surface area contributed by atoms with Gasteiger partial charge in [-0.1, -0.05) is 45.0 Å². The quantitative estimate of drug-likeness (QED) is 0.859. The molecule has 1 N–H and O–H groups in total. The Balaban J connectivity index is 2.67. The first-order chi connectivity index (χ1) is 8.34. The monoisotopic (exact) mass is 249 g/mol. The van der Waals surface area contributed by atoms with Crippen LogP contribution in [0.2, 0.25) is 0 Å². The highest BCUT2D eigenvalue weighted by Crippen LogP contribution is 2.23. The Morgan fingerprint density at radius 1 is 1.11 bits per heavy atom. The normalized spacial score (nSPS) is 15.4. The molecular weight excluding hydrogens is 222 g/mol. The van der Waals surface area contributed by atoms with Crippen molar-refractivity contribution in [1.82, 2.24) is 5.32 Å². The van der Waals surface area contributed by atoms with Crippen molar-refractivity contribution in [3.63, 3.8) is 0 Å². The first kappa shape index (κ1) is 15.2. The van der Waals surface area contributed by atoms with Crippen LogP contribution in [0.25, 0.3) is 0 Å². The van der Waals surface area contributed by atoms with Crippen LogP contribution in [0.1, 0.15) is 51.8 Å². The van der Waals surface area contributed by atoms with E-state index in [-0.39, 0.29) is 5.41 Å². The lowest BCUT2D eigenvalue weighted by molar-refractivity contribution is 0.168. The van der Waals surface area contributed by atoms with Crippen molar-refractivity contribution in [3.05, 3.63) is 35.4 Å². The van der Waals surface area contributed by atoms with E-state index in [2.05, 4.69) is 64.2 Å². The average molecular weight is 249 g/mol. The smallest absolute Gasteiger partial charge is 0.0613 e. The summed E-state index contributed by atoms with van der Waals surface area (Å²) in [5, 5.41) is 3.53. The van der Waals surface area contributed by atoms with E-state index in [4.69, 9.17) is 4.74 Å². The summed E-state index contributed by atoms with van der Waals surface area (Å²) < 4.78 is 5.14. The van der Waals surface area contributed by atoms with Crippen LogP contribution < -0.4 is 5.32 Å². The van der Waals surface area contributed by atoms with Crippen molar-refractivity contribution in [2.75, 3.05) is 13.7 Å². The van der Waals surface area contributed by atoms with E-state index >= 15 is 0 Å². The third-order valence-corrected chi connectivity index (χ3v) is 3.23. The Hall–Kier alpha value is -0.860. The summed E-state index contributed by atoms with van der Waals surface area (Å²) >= 11 is 0. The van der Waals surface area contributed by atoms with E-state index < -0.39 is 0 Å². The maximum absolute atomic E-state index is 5.14. The summed E-state index contributed by atoms with van der Waals surface area (Å²) in [7, 11) is 1.74. The predicted octanol–water partition coefficient (Wildman–Crippen LogP) is 3.67. The highest BCUT2D eigenvalue weighted by Gasteiger charge is 2.14. The zero-order valence-electron chi connectivity index (χ0n) is 12.6. The van der Waals surface area contributed by atoms with Gasteiger partial charge in [-0.15, -0.1) is 0 Å². The first-order valence-corrected chi connectivity index (χ1v) is 6.70. The van der Waals surface area contributed by atoms with Crippen molar-refractivity contribution < 1.29 is 4.74 Å². The van der Waals surface area contributed by atoms with Crippen molar-refractivity contribution in [1.29, 1.82) is 0 Å². The molecule has 0 amide bonds. The Kier molecular flexibility index (Phi) is 5.36. The van der Waals surface area contributed by atoms with Crippen LogP contribution in [0.5, 0.6) is 0 Å². The lowest BCUT2D eigenvalue weighted by atomic mass is 9.86. The van der Waals surface area contributed by atoms with Gasteiger partial charge < -0.3 is 10.1 Å². The number of hydrogen-bond donors (Lipinski definition) is 1. The van der Waals surface area contributed by atoms with E-state index in [0.29, 0.717) is 12.1 Å². The molecule has 0 saturated carbocycles. The molecule has 0 fully saturated rings. The molecular formula is C16H27NO. The van der Waals surface area contributed by atoms with Crippen molar-refractivity contribution >= 4 is 0 Å². The lowest BCUT2D eigenvalue weighted by Crippen LogP contribution is -2.32. The largest absolute Gasteiger partial charge is 0.383 e. The van der Waals surface area contributed by atoms with E-state index in [9.17, 15) is 0 Å². The molecule has 18 heavy (non-hydrogen) atoms. The molecule has 0 bridgehead atoms. The third-order valence-electron chi connectivity index (χ3n) is 3.23. The molecule has 0 spiro atoms. The standard InChI is InChI=1S/C16H27NO/c1-12(11-18-6)17-13(2)14-7-9-15(10-8-14)16(3,4)5/h7-10,12-13,17H,11H2,1-6H3. The number of ether oxygens (including phenoxy) is 1. The van der Waals surface area contributed by atoms with Crippen molar-refractivity contribution in [3.8, 4) is 0 Å². The van der Waals surface area contributed by atoms with Crippen LogP contribution in [-0.4, -0.2) is 19.8 Å². The minimum atomic E-state index is 0.221. The summed E-state index contributed by atoms with van der Waals surface area (Å²) in [5.74, 6) is 0. The van der Waals surface area contributed by atoms with E-state index in [1.54, 1.807) is 7.11 Å². The Bertz CT molecular complexity index is 350. The van der Waals surface area contributed by atoms with Gasteiger partial charge in [-0.3, -0.25) is 0 Å². The second-order valence-electron chi connectivity index (χ2n) is 6.12. The summed E-state index contributed by atoms with van der Waals surface area (Å²) in [5.41, 5.74) is 2.92. The van der Waals surface area contributed by atoms with Gasteiger partial charge in [-0.2, -0.15) is 0 Å². The molecule has 2 heteroatoms. The van der Waals surface area contributed by atoms with Gasteiger partial charge in [0.15, 0.2) is 0 Å². The van der Waals surface area contributed by atoms with Gasteiger partial charge in [-0.25, -0.2) is 0 Å². The minimum Gasteiger partial charge on any atom is -0.383 e. The van der Waals surface area contributed by atoms with Crippen LogP contribution in [0, 0.1) is 0 Å². The molecule has 0 saturated heterocycles. The van der Waals surface area contributed by atoms with Crippen LogP contribution in [0.4, 0.5) is 0 Å². The van der Waals surface area contributed by atoms with Crippen LogP contribution in [0.15, 0.2) is 24.3 Å². The van der Waals surface area contributed by atoms with E-state index in [1.807, 2.05) is 0 Å². The zero-order valence-corrected chi connectivity index (χ0v) is 12.6. The summed E-state index contributed by atoms with van der Waals surface area (Å²) in [6, 6.07) is 9.62. The van der Waals surface area contributed by atoms with Crippen molar-refractivity contribution in [2.24, 2.45) is 0 Å². The van der Waals surface area contributed by atoms with Crippen LogP contribution in [0.3, 0.4) is 0 Å².